The largest absolute Gasteiger partial charge is 0.459 e. The van der Waals surface area contributed by atoms with Gasteiger partial charge in [-0.1, -0.05) is 69.0 Å². The third kappa shape index (κ3) is 6.64. The van der Waals surface area contributed by atoms with E-state index in [1.165, 1.54) is 0 Å². The van der Waals surface area contributed by atoms with Gasteiger partial charge in [-0.3, -0.25) is 0 Å². The third-order valence-electron chi connectivity index (χ3n) is 5.98. The smallest absolute Gasteiger partial charge is 0.338 e. The fourth-order valence-electron chi connectivity index (χ4n) is 3.77. The molecule has 1 aliphatic rings. The van der Waals surface area contributed by atoms with Crippen LogP contribution in [0.4, 0.5) is 0 Å². The maximum Gasteiger partial charge on any atom is 0.338 e. The average molecular weight is 567 g/mol. The Bertz CT molecular complexity index is 1250. The highest BCUT2D eigenvalue weighted by molar-refractivity contribution is 9.09. The van der Waals surface area contributed by atoms with Crippen LogP contribution in [-0.4, -0.2) is 47.8 Å². The number of hydrogen-bond donors (Lipinski definition) is 0. The van der Waals surface area contributed by atoms with Gasteiger partial charge in [0, 0.05) is 0 Å². The first-order valence-electron chi connectivity index (χ1n) is 11.8. The first kappa shape index (κ1) is 26.6. The van der Waals surface area contributed by atoms with Crippen LogP contribution in [-0.2, 0) is 18.9 Å². The molecule has 0 aliphatic carbocycles. The second kappa shape index (κ2) is 11.7. The van der Waals surface area contributed by atoms with Gasteiger partial charge in [-0.2, -0.15) is 0 Å². The minimum Gasteiger partial charge on any atom is -0.459 e. The number of hydrogen-bond acceptors (Lipinski definition) is 7. The number of carbonyl (C=O) groups excluding carboxylic acids is 3. The highest BCUT2D eigenvalue weighted by Crippen LogP contribution is 2.32. The summed E-state index contributed by atoms with van der Waals surface area (Å²) in [5.74, 6) is -1.74. The number of ether oxygens (including phenoxy) is 4. The van der Waals surface area contributed by atoms with Crippen molar-refractivity contribution in [1.82, 2.24) is 0 Å². The summed E-state index contributed by atoms with van der Waals surface area (Å²) in [4.78, 5) is 38.4. The van der Waals surface area contributed by atoms with Gasteiger partial charge in [0.05, 0.1) is 16.7 Å². The van der Waals surface area contributed by atoms with E-state index in [-0.39, 0.29) is 6.61 Å². The molecule has 0 saturated carbocycles. The molecule has 37 heavy (non-hydrogen) atoms. The Morgan fingerprint density at radius 1 is 0.649 bits per heavy atom. The lowest BCUT2D eigenvalue weighted by Crippen LogP contribution is -2.41. The van der Waals surface area contributed by atoms with Crippen molar-refractivity contribution in [3.05, 3.63) is 106 Å². The summed E-state index contributed by atoms with van der Waals surface area (Å²) in [6.07, 6.45) is -2.88. The fraction of sp³-hybridized carbons (Fsp3) is 0.276. The lowest BCUT2D eigenvalue weighted by Gasteiger charge is -2.23. The number of benzene rings is 3. The first-order valence-corrected chi connectivity index (χ1v) is 12.7. The molecule has 8 heteroatoms. The normalized spacial score (nSPS) is 20.8. The molecule has 0 radical (unpaired) electrons. The number of alkyl halides is 1. The van der Waals surface area contributed by atoms with Crippen molar-refractivity contribution in [3.8, 4) is 0 Å². The predicted octanol–water partition coefficient (Wildman–Crippen LogP) is 5.34. The molecule has 192 valence electrons. The summed E-state index contributed by atoms with van der Waals surface area (Å²) in [5.41, 5.74) is 4.08. The fourth-order valence-corrected chi connectivity index (χ4v) is 4.46. The lowest BCUT2D eigenvalue weighted by atomic mass is 10.1. The van der Waals surface area contributed by atoms with Gasteiger partial charge in [-0.05, 0) is 57.2 Å². The molecule has 1 saturated heterocycles. The van der Waals surface area contributed by atoms with Crippen LogP contribution < -0.4 is 0 Å². The summed E-state index contributed by atoms with van der Waals surface area (Å²) in [7, 11) is 0. The first-order chi connectivity index (χ1) is 17.7. The van der Waals surface area contributed by atoms with E-state index >= 15 is 0 Å². The molecule has 0 amide bonds. The summed E-state index contributed by atoms with van der Waals surface area (Å²) in [5, 5.41) is -0.791. The molecule has 0 bridgehead atoms. The van der Waals surface area contributed by atoms with Gasteiger partial charge in [0.2, 0.25) is 0 Å². The maximum absolute atomic E-state index is 13.0. The molecule has 7 nitrogen and oxygen atoms in total. The van der Waals surface area contributed by atoms with Crippen LogP contribution in [0.5, 0.6) is 0 Å². The van der Waals surface area contributed by atoms with Gasteiger partial charge < -0.3 is 18.9 Å². The summed E-state index contributed by atoms with van der Waals surface area (Å²) < 4.78 is 22.9. The van der Waals surface area contributed by atoms with Gasteiger partial charge in [0.25, 0.3) is 0 Å². The Morgan fingerprint density at radius 2 is 1.03 bits per heavy atom. The van der Waals surface area contributed by atoms with Crippen LogP contribution in [0.3, 0.4) is 0 Å². The molecule has 1 unspecified atom stereocenters. The quantitative estimate of drug-likeness (QED) is 0.216. The topological polar surface area (TPSA) is 88.1 Å². The maximum atomic E-state index is 13.0. The number of rotatable bonds is 7. The van der Waals surface area contributed by atoms with Crippen LogP contribution in [0.2, 0.25) is 0 Å². The van der Waals surface area contributed by atoms with Gasteiger partial charge in [-0.15, -0.1) is 0 Å². The number of carbonyl (C=O) groups is 3. The molecule has 3 aromatic carbocycles. The van der Waals surface area contributed by atoms with Crippen molar-refractivity contribution in [3.63, 3.8) is 0 Å². The lowest BCUT2D eigenvalue weighted by molar-refractivity contribution is -0.0435. The summed E-state index contributed by atoms with van der Waals surface area (Å²) in [6.45, 7) is 5.54. The highest BCUT2D eigenvalue weighted by Gasteiger charge is 2.49. The highest BCUT2D eigenvalue weighted by atomic mass is 79.9. The van der Waals surface area contributed by atoms with Gasteiger partial charge in [-0.25, -0.2) is 14.4 Å². The predicted molar refractivity (Wildman–Crippen MR) is 140 cm³/mol. The molecule has 1 aliphatic heterocycles. The van der Waals surface area contributed by atoms with Crippen LogP contribution in [0, 0.1) is 20.8 Å². The zero-order valence-corrected chi connectivity index (χ0v) is 22.3. The Kier molecular flexibility index (Phi) is 8.41. The minimum absolute atomic E-state index is 0.209. The van der Waals surface area contributed by atoms with E-state index in [0.717, 1.165) is 16.7 Å². The Labute approximate surface area is 223 Å². The molecule has 1 heterocycles. The van der Waals surface area contributed by atoms with Crippen molar-refractivity contribution in [2.75, 3.05) is 6.61 Å². The van der Waals surface area contributed by atoms with Crippen LogP contribution in [0.15, 0.2) is 72.8 Å². The molecular formula is C29H27BrO7. The molecule has 4 rings (SSSR count). The van der Waals surface area contributed by atoms with E-state index in [9.17, 15) is 14.4 Å². The van der Waals surface area contributed by atoms with Crippen molar-refractivity contribution >= 4 is 33.8 Å². The van der Waals surface area contributed by atoms with E-state index in [4.69, 9.17) is 18.9 Å². The van der Waals surface area contributed by atoms with Crippen LogP contribution in [0.25, 0.3) is 0 Å². The Hall–Kier alpha value is -3.49. The van der Waals surface area contributed by atoms with Crippen LogP contribution in [0.1, 0.15) is 47.8 Å². The van der Waals surface area contributed by atoms with Crippen molar-refractivity contribution in [2.45, 2.75) is 44.1 Å². The molecule has 3 aromatic rings. The number of aryl methyl sites for hydroxylation is 3. The zero-order valence-electron chi connectivity index (χ0n) is 20.7. The second-order valence-electron chi connectivity index (χ2n) is 8.96. The van der Waals surface area contributed by atoms with E-state index in [0.29, 0.717) is 16.7 Å². The monoisotopic (exact) mass is 566 g/mol. The average Bonchev–Trinajstić information content (AvgIpc) is 3.17. The van der Waals surface area contributed by atoms with E-state index in [1.807, 2.05) is 32.9 Å². The number of halogens is 1. The number of esters is 3. The Balaban J connectivity index is 1.52. The standard InChI is InChI=1S/C29H27BrO7/c1-17-4-10-20(11-5-17)27(31)34-16-23-24(36-28(32)21-12-6-18(2)7-13-21)25(26(30)35-23)37-29(33)22-14-8-19(3)9-15-22/h4-15,23-26H,16H2,1-3H3/t23-,24-,25+,26?/m0/s1. The SMILES string of the molecule is Cc1ccc(C(=O)OC[C@@H]2OC(Br)[C@H](OC(=O)c3ccc(C)cc3)[C@H]2OC(=O)c2ccc(C)cc2)cc1. The second-order valence-corrected chi connectivity index (χ2v) is 9.86. The molecular weight excluding hydrogens is 540 g/mol. The Morgan fingerprint density at radius 3 is 1.46 bits per heavy atom. The van der Waals surface area contributed by atoms with Crippen LogP contribution >= 0.6 is 15.9 Å². The zero-order chi connectivity index (χ0) is 26.5. The van der Waals surface area contributed by atoms with E-state index in [2.05, 4.69) is 15.9 Å². The third-order valence-corrected chi connectivity index (χ3v) is 6.72. The molecule has 0 aromatic heterocycles. The summed E-state index contributed by atoms with van der Waals surface area (Å²) in [6, 6.07) is 20.8. The molecule has 0 N–H and O–H groups in total. The van der Waals surface area contributed by atoms with Gasteiger partial charge in [0.15, 0.2) is 17.2 Å². The van der Waals surface area contributed by atoms with Crippen molar-refractivity contribution in [2.24, 2.45) is 0 Å². The van der Waals surface area contributed by atoms with E-state index < -0.39 is 41.2 Å². The summed E-state index contributed by atoms with van der Waals surface area (Å²) >= 11 is 3.38. The van der Waals surface area contributed by atoms with Crippen molar-refractivity contribution in [1.29, 1.82) is 0 Å². The minimum atomic E-state index is -1.03. The van der Waals surface area contributed by atoms with E-state index in [1.54, 1.807) is 60.7 Å². The molecule has 1 fully saturated rings. The van der Waals surface area contributed by atoms with Gasteiger partial charge in [0.1, 0.15) is 12.7 Å². The van der Waals surface area contributed by atoms with Crippen molar-refractivity contribution < 1.29 is 33.3 Å². The van der Waals surface area contributed by atoms with Gasteiger partial charge >= 0.3 is 17.9 Å². The molecule has 4 atom stereocenters. The molecule has 0 spiro atoms.